The first-order valence-corrected chi connectivity index (χ1v) is 6.99. The Balaban J connectivity index is 2.16. The number of thiophene rings is 1. The van der Waals surface area contributed by atoms with Crippen molar-refractivity contribution in [2.24, 2.45) is 5.41 Å². The molecule has 0 aliphatic rings. The maximum absolute atomic E-state index is 10.3. The third kappa shape index (κ3) is 3.08. The Hall–Kier alpha value is -0.860. The van der Waals surface area contributed by atoms with E-state index in [1.165, 1.54) is 10.1 Å². The fourth-order valence-electron chi connectivity index (χ4n) is 1.98. The molecule has 2 aromatic rings. The van der Waals surface area contributed by atoms with Gasteiger partial charge in [0.15, 0.2) is 0 Å². The van der Waals surface area contributed by atoms with Crippen LogP contribution in [-0.4, -0.2) is 5.11 Å². The largest absolute Gasteiger partial charge is 0.388 e. The van der Waals surface area contributed by atoms with Gasteiger partial charge in [-0.05, 0) is 40.7 Å². The molecule has 0 aliphatic heterocycles. The van der Waals surface area contributed by atoms with Crippen molar-refractivity contribution in [1.29, 1.82) is 0 Å². The predicted molar refractivity (Wildman–Crippen MR) is 75.5 cm³/mol. The Morgan fingerprint density at radius 1 is 1.24 bits per heavy atom. The molecule has 1 nitrogen and oxygen atoms in total. The van der Waals surface area contributed by atoms with Crippen LogP contribution in [0.1, 0.15) is 45.3 Å². The van der Waals surface area contributed by atoms with E-state index in [9.17, 15) is 5.11 Å². The summed E-state index contributed by atoms with van der Waals surface area (Å²) in [7, 11) is 0. The average Bonchev–Trinajstić information content (AvgIpc) is 2.68. The van der Waals surface area contributed by atoms with Crippen LogP contribution in [0.5, 0.6) is 0 Å². The standard InChI is InChI=1S/C15H20OS/c1-15(2,3)9-8-13(16)12-10-17-14-7-5-4-6-11(12)14/h4-7,10,13,16H,8-9H2,1-3H3. The molecule has 0 fully saturated rings. The lowest BCUT2D eigenvalue weighted by Gasteiger charge is -2.20. The van der Waals surface area contributed by atoms with Gasteiger partial charge in [-0.1, -0.05) is 39.0 Å². The third-order valence-corrected chi connectivity index (χ3v) is 4.02. The molecule has 1 heterocycles. The van der Waals surface area contributed by atoms with Crippen LogP contribution in [0.4, 0.5) is 0 Å². The maximum Gasteiger partial charge on any atom is 0.0804 e. The molecule has 1 N–H and O–H groups in total. The van der Waals surface area contributed by atoms with Gasteiger partial charge in [-0.25, -0.2) is 0 Å². The van der Waals surface area contributed by atoms with Gasteiger partial charge in [-0.3, -0.25) is 0 Å². The minimum atomic E-state index is -0.328. The second-order valence-corrected chi connectivity index (χ2v) is 6.71. The fourth-order valence-corrected chi connectivity index (χ4v) is 2.99. The Morgan fingerprint density at radius 3 is 2.65 bits per heavy atom. The number of fused-ring (bicyclic) bond motifs is 1. The van der Waals surface area contributed by atoms with E-state index in [1.54, 1.807) is 11.3 Å². The first kappa shape index (κ1) is 12.6. The van der Waals surface area contributed by atoms with E-state index in [0.29, 0.717) is 0 Å². The summed E-state index contributed by atoms with van der Waals surface area (Å²) in [6.45, 7) is 6.64. The van der Waals surface area contributed by atoms with Crippen molar-refractivity contribution in [2.45, 2.75) is 39.7 Å². The van der Waals surface area contributed by atoms with Crippen LogP contribution in [0, 0.1) is 5.41 Å². The van der Waals surface area contributed by atoms with E-state index in [1.807, 2.05) is 12.1 Å². The van der Waals surface area contributed by atoms with Gasteiger partial charge >= 0.3 is 0 Å². The molecule has 1 aromatic carbocycles. The highest BCUT2D eigenvalue weighted by Crippen LogP contribution is 2.34. The summed E-state index contributed by atoms with van der Waals surface area (Å²) in [6, 6.07) is 8.29. The summed E-state index contributed by atoms with van der Waals surface area (Å²) in [5.74, 6) is 0. The second-order valence-electron chi connectivity index (χ2n) is 5.80. The lowest BCUT2D eigenvalue weighted by Crippen LogP contribution is -2.07. The maximum atomic E-state index is 10.3. The number of rotatable bonds is 3. The van der Waals surface area contributed by atoms with Crippen LogP contribution < -0.4 is 0 Å². The fraction of sp³-hybridized carbons (Fsp3) is 0.467. The molecule has 1 atom stereocenters. The van der Waals surface area contributed by atoms with Crippen LogP contribution >= 0.6 is 11.3 Å². The van der Waals surface area contributed by atoms with E-state index < -0.39 is 0 Å². The summed E-state index contributed by atoms with van der Waals surface area (Å²) in [5, 5.41) is 13.6. The Kier molecular flexibility index (Phi) is 3.55. The molecule has 0 spiro atoms. The van der Waals surface area contributed by atoms with Gasteiger partial charge in [0, 0.05) is 4.70 Å². The molecule has 0 saturated carbocycles. The zero-order valence-electron chi connectivity index (χ0n) is 10.7. The summed E-state index contributed by atoms with van der Waals surface area (Å²) in [5.41, 5.74) is 1.38. The topological polar surface area (TPSA) is 20.2 Å². The van der Waals surface area contributed by atoms with Gasteiger partial charge in [-0.15, -0.1) is 11.3 Å². The SMILES string of the molecule is CC(C)(C)CCC(O)c1csc2ccccc12. The molecule has 17 heavy (non-hydrogen) atoms. The second kappa shape index (κ2) is 4.79. The van der Waals surface area contributed by atoms with E-state index in [4.69, 9.17) is 0 Å². The van der Waals surface area contributed by atoms with Gasteiger partial charge in [0.1, 0.15) is 0 Å². The zero-order valence-corrected chi connectivity index (χ0v) is 11.6. The monoisotopic (exact) mass is 248 g/mol. The zero-order chi connectivity index (χ0) is 12.5. The quantitative estimate of drug-likeness (QED) is 0.830. The molecule has 1 unspecified atom stereocenters. The van der Waals surface area contributed by atoms with Crippen molar-refractivity contribution in [3.8, 4) is 0 Å². The predicted octanol–water partition coefficient (Wildman–Crippen LogP) is 4.76. The smallest absolute Gasteiger partial charge is 0.0804 e. The van der Waals surface area contributed by atoms with Crippen molar-refractivity contribution in [1.82, 2.24) is 0 Å². The highest BCUT2D eigenvalue weighted by Gasteiger charge is 2.17. The normalized spacial score (nSPS) is 14.1. The van der Waals surface area contributed by atoms with Crippen molar-refractivity contribution < 1.29 is 5.11 Å². The van der Waals surface area contributed by atoms with E-state index in [2.05, 4.69) is 38.3 Å². The first-order valence-electron chi connectivity index (χ1n) is 6.11. The lowest BCUT2D eigenvalue weighted by molar-refractivity contribution is 0.149. The number of aliphatic hydroxyl groups is 1. The average molecular weight is 248 g/mol. The Morgan fingerprint density at radius 2 is 1.94 bits per heavy atom. The van der Waals surface area contributed by atoms with Crippen LogP contribution in [0.25, 0.3) is 10.1 Å². The highest BCUT2D eigenvalue weighted by atomic mass is 32.1. The Labute approximate surface area is 107 Å². The summed E-state index contributed by atoms with van der Waals surface area (Å²) < 4.78 is 1.26. The van der Waals surface area contributed by atoms with Crippen molar-refractivity contribution in [3.63, 3.8) is 0 Å². The van der Waals surface area contributed by atoms with Crippen LogP contribution in [0.2, 0.25) is 0 Å². The van der Waals surface area contributed by atoms with Gasteiger partial charge in [-0.2, -0.15) is 0 Å². The summed E-state index contributed by atoms with van der Waals surface area (Å²) in [4.78, 5) is 0. The molecule has 1 aromatic heterocycles. The van der Waals surface area contributed by atoms with E-state index in [0.717, 1.165) is 18.4 Å². The van der Waals surface area contributed by atoms with Crippen LogP contribution in [-0.2, 0) is 0 Å². The minimum Gasteiger partial charge on any atom is -0.388 e. The molecular formula is C15H20OS. The number of aliphatic hydroxyl groups excluding tert-OH is 1. The van der Waals surface area contributed by atoms with Gasteiger partial charge in [0.05, 0.1) is 6.10 Å². The summed E-state index contributed by atoms with van der Waals surface area (Å²) in [6.07, 6.45) is 1.55. The van der Waals surface area contributed by atoms with Gasteiger partial charge < -0.3 is 5.11 Å². The Bertz CT molecular complexity index is 493. The molecule has 2 rings (SSSR count). The third-order valence-electron chi connectivity index (χ3n) is 3.04. The molecule has 2 heteroatoms. The number of benzene rings is 1. The van der Waals surface area contributed by atoms with Crippen LogP contribution in [0.3, 0.4) is 0 Å². The first-order chi connectivity index (χ1) is 7.97. The van der Waals surface area contributed by atoms with Crippen LogP contribution in [0.15, 0.2) is 29.6 Å². The highest BCUT2D eigenvalue weighted by molar-refractivity contribution is 7.17. The molecule has 0 amide bonds. The van der Waals surface area contributed by atoms with E-state index in [-0.39, 0.29) is 11.5 Å². The molecule has 0 saturated heterocycles. The van der Waals surface area contributed by atoms with Gasteiger partial charge in [0.25, 0.3) is 0 Å². The molecule has 92 valence electrons. The van der Waals surface area contributed by atoms with E-state index >= 15 is 0 Å². The number of hydrogen-bond acceptors (Lipinski definition) is 2. The molecule has 0 radical (unpaired) electrons. The van der Waals surface area contributed by atoms with Gasteiger partial charge in [0.2, 0.25) is 0 Å². The van der Waals surface area contributed by atoms with Crippen molar-refractivity contribution in [3.05, 3.63) is 35.2 Å². The number of hydrogen-bond donors (Lipinski definition) is 1. The molecular weight excluding hydrogens is 228 g/mol. The lowest BCUT2D eigenvalue weighted by atomic mass is 9.88. The van der Waals surface area contributed by atoms with Crippen molar-refractivity contribution in [2.75, 3.05) is 0 Å². The molecule has 0 aliphatic carbocycles. The molecule has 0 bridgehead atoms. The van der Waals surface area contributed by atoms with Crippen molar-refractivity contribution >= 4 is 21.4 Å². The summed E-state index contributed by atoms with van der Waals surface area (Å²) >= 11 is 1.72. The minimum absolute atomic E-state index is 0.285.